The van der Waals surface area contributed by atoms with Crippen LogP contribution in [0.3, 0.4) is 0 Å². The highest BCUT2D eigenvalue weighted by molar-refractivity contribution is 9.10. The van der Waals surface area contributed by atoms with Gasteiger partial charge < -0.3 is 0 Å². The number of hydrogen-bond acceptors (Lipinski definition) is 6. The summed E-state index contributed by atoms with van der Waals surface area (Å²) in [6, 6.07) is 1.74. The lowest BCUT2D eigenvalue weighted by Crippen LogP contribution is -2.22. The molecule has 8 nitrogen and oxygen atoms in total. The van der Waals surface area contributed by atoms with E-state index in [2.05, 4.69) is 41.3 Å². The molecule has 19 heavy (non-hydrogen) atoms. The number of aromatic nitrogens is 7. The van der Waals surface area contributed by atoms with E-state index in [4.69, 9.17) is 0 Å². The molecule has 3 aromatic rings. The second kappa shape index (κ2) is 4.50. The molecule has 0 unspecified atom stereocenters. The van der Waals surface area contributed by atoms with Crippen LogP contribution in [0, 0.1) is 0 Å². The van der Waals surface area contributed by atoms with E-state index in [1.54, 1.807) is 19.3 Å². The molecule has 0 amide bonds. The topological polar surface area (TPSA) is 91.4 Å². The van der Waals surface area contributed by atoms with Crippen LogP contribution in [-0.2, 0) is 13.6 Å². The summed E-state index contributed by atoms with van der Waals surface area (Å²) < 4.78 is 2.18. The Morgan fingerprint density at radius 2 is 2.21 bits per heavy atom. The molecule has 0 atom stereocenters. The van der Waals surface area contributed by atoms with Crippen LogP contribution in [0.25, 0.3) is 11.0 Å². The highest BCUT2D eigenvalue weighted by Crippen LogP contribution is 2.12. The van der Waals surface area contributed by atoms with E-state index in [-0.39, 0.29) is 12.1 Å². The zero-order chi connectivity index (χ0) is 13.4. The van der Waals surface area contributed by atoms with E-state index in [1.165, 1.54) is 15.7 Å². The number of nitrogens with zero attached hydrogens (tertiary/aromatic N) is 7. The molecular formula is C10H8BrN7O. The first-order valence-corrected chi connectivity index (χ1v) is 6.16. The third kappa shape index (κ3) is 2.24. The van der Waals surface area contributed by atoms with E-state index >= 15 is 0 Å². The molecular weight excluding hydrogens is 314 g/mol. The highest BCUT2D eigenvalue weighted by atomic mass is 79.9. The minimum atomic E-state index is -0.232. The number of aryl methyl sites for hydroxylation is 1. The molecule has 0 saturated heterocycles. The smallest absolute Gasteiger partial charge is 0.280 e. The van der Waals surface area contributed by atoms with Crippen molar-refractivity contribution < 1.29 is 0 Å². The molecule has 0 saturated carbocycles. The Bertz CT molecular complexity index is 809. The van der Waals surface area contributed by atoms with Crippen molar-refractivity contribution >= 4 is 27.0 Å². The molecule has 96 valence electrons. The van der Waals surface area contributed by atoms with E-state index in [0.29, 0.717) is 16.9 Å². The molecule has 9 heteroatoms. The number of halogens is 1. The molecule has 0 N–H and O–H groups in total. The van der Waals surface area contributed by atoms with Gasteiger partial charge in [-0.2, -0.15) is 4.80 Å². The predicted octanol–water partition coefficient (Wildman–Crippen LogP) is 0.126. The lowest BCUT2D eigenvalue weighted by molar-refractivity contribution is 0.623. The summed E-state index contributed by atoms with van der Waals surface area (Å²) in [7, 11) is 1.66. The lowest BCUT2D eigenvalue weighted by atomic mass is 10.3. The first kappa shape index (κ1) is 11.9. The first-order chi connectivity index (χ1) is 9.13. The van der Waals surface area contributed by atoms with Gasteiger partial charge in [-0.3, -0.25) is 9.36 Å². The molecule has 0 aliphatic heterocycles. The Balaban J connectivity index is 2.08. The summed E-state index contributed by atoms with van der Waals surface area (Å²) in [4.78, 5) is 21.8. The number of tetrazole rings is 1. The van der Waals surface area contributed by atoms with Crippen molar-refractivity contribution in [2.45, 2.75) is 6.54 Å². The predicted molar refractivity (Wildman–Crippen MR) is 69.4 cm³/mol. The van der Waals surface area contributed by atoms with Crippen molar-refractivity contribution in [3.8, 4) is 0 Å². The maximum Gasteiger partial charge on any atom is 0.280 e. The van der Waals surface area contributed by atoms with Crippen LogP contribution in [0.15, 0.2) is 27.9 Å². The van der Waals surface area contributed by atoms with Gasteiger partial charge in [0, 0.05) is 10.7 Å². The molecule has 0 radical (unpaired) electrons. The van der Waals surface area contributed by atoms with Crippen LogP contribution in [0.4, 0.5) is 0 Å². The Morgan fingerprint density at radius 3 is 2.95 bits per heavy atom. The quantitative estimate of drug-likeness (QED) is 0.666. The maximum atomic E-state index is 12.2. The van der Waals surface area contributed by atoms with E-state index in [9.17, 15) is 4.79 Å². The largest absolute Gasteiger partial charge is 0.289 e. The Kier molecular flexibility index (Phi) is 2.82. The summed E-state index contributed by atoms with van der Waals surface area (Å²) in [5.74, 6) is 0.447. The fourth-order valence-electron chi connectivity index (χ4n) is 1.66. The SMILES string of the molecule is Cn1nnc(Cn2cnc3cc(Br)cnc3c2=O)n1. The number of pyridine rings is 1. The molecule has 0 aliphatic rings. The monoisotopic (exact) mass is 321 g/mol. The molecule has 3 rings (SSSR count). The Hall–Kier alpha value is -2.16. The number of rotatable bonds is 2. The Labute approximate surface area is 115 Å². The minimum Gasteiger partial charge on any atom is -0.289 e. The van der Waals surface area contributed by atoms with E-state index in [1.807, 2.05) is 0 Å². The van der Waals surface area contributed by atoms with Gasteiger partial charge in [0.15, 0.2) is 11.3 Å². The summed E-state index contributed by atoms with van der Waals surface area (Å²) >= 11 is 3.29. The molecule has 0 aliphatic carbocycles. The second-order valence-electron chi connectivity index (χ2n) is 3.89. The highest BCUT2D eigenvalue weighted by Gasteiger charge is 2.08. The third-order valence-corrected chi connectivity index (χ3v) is 2.93. The molecule has 0 spiro atoms. The van der Waals surface area contributed by atoms with E-state index < -0.39 is 0 Å². The normalized spacial score (nSPS) is 11.1. The van der Waals surface area contributed by atoms with Gasteiger partial charge in [-0.05, 0) is 27.2 Å². The van der Waals surface area contributed by atoms with Crippen LogP contribution in [0.5, 0.6) is 0 Å². The molecule has 0 aromatic carbocycles. The van der Waals surface area contributed by atoms with Gasteiger partial charge in [-0.15, -0.1) is 10.2 Å². The average molecular weight is 322 g/mol. The first-order valence-electron chi connectivity index (χ1n) is 5.37. The second-order valence-corrected chi connectivity index (χ2v) is 4.81. The lowest BCUT2D eigenvalue weighted by Gasteiger charge is -2.03. The summed E-state index contributed by atoms with van der Waals surface area (Å²) in [6.45, 7) is 0.216. The van der Waals surface area contributed by atoms with Crippen molar-refractivity contribution in [2.24, 2.45) is 7.05 Å². The van der Waals surface area contributed by atoms with Crippen LogP contribution in [0.1, 0.15) is 5.82 Å². The van der Waals surface area contributed by atoms with Crippen molar-refractivity contribution in [1.82, 2.24) is 34.7 Å². The van der Waals surface area contributed by atoms with Crippen LogP contribution < -0.4 is 5.56 Å². The molecule has 0 fully saturated rings. The van der Waals surface area contributed by atoms with Gasteiger partial charge in [-0.1, -0.05) is 0 Å². The van der Waals surface area contributed by atoms with Gasteiger partial charge in [0.1, 0.15) is 0 Å². The van der Waals surface area contributed by atoms with Crippen LogP contribution >= 0.6 is 15.9 Å². The van der Waals surface area contributed by atoms with Crippen molar-refractivity contribution in [2.75, 3.05) is 0 Å². The van der Waals surface area contributed by atoms with Crippen LogP contribution in [0.2, 0.25) is 0 Å². The van der Waals surface area contributed by atoms with Gasteiger partial charge in [-0.25, -0.2) is 9.97 Å². The van der Waals surface area contributed by atoms with Gasteiger partial charge in [0.2, 0.25) is 0 Å². The fourth-order valence-corrected chi connectivity index (χ4v) is 1.98. The average Bonchev–Trinajstić information content (AvgIpc) is 2.78. The standard InChI is InChI=1S/C10H8BrN7O/c1-17-15-8(14-16-17)4-18-5-13-7-2-6(11)3-12-9(7)10(18)19/h2-3,5H,4H2,1H3. The zero-order valence-corrected chi connectivity index (χ0v) is 11.4. The summed E-state index contributed by atoms with van der Waals surface area (Å²) in [6.07, 6.45) is 3.02. The molecule has 3 aromatic heterocycles. The maximum absolute atomic E-state index is 12.2. The van der Waals surface area contributed by atoms with Crippen molar-refractivity contribution in [1.29, 1.82) is 0 Å². The summed E-state index contributed by atoms with van der Waals surface area (Å²) in [5.41, 5.74) is 0.627. The molecule has 3 heterocycles. The third-order valence-electron chi connectivity index (χ3n) is 2.50. The summed E-state index contributed by atoms with van der Waals surface area (Å²) in [5, 5.41) is 11.6. The van der Waals surface area contributed by atoms with E-state index in [0.717, 1.165) is 4.47 Å². The van der Waals surface area contributed by atoms with Gasteiger partial charge in [0.25, 0.3) is 5.56 Å². The van der Waals surface area contributed by atoms with Crippen molar-refractivity contribution in [3.05, 3.63) is 39.2 Å². The number of fused-ring (bicyclic) bond motifs is 1. The number of hydrogen-bond donors (Lipinski definition) is 0. The zero-order valence-electron chi connectivity index (χ0n) is 9.86. The minimum absolute atomic E-state index is 0.216. The van der Waals surface area contributed by atoms with Crippen LogP contribution in [-0.4, -0.2) is 34.7 Å². The Morgan fingerprint density at radius 1 is 1.37 bits per heavy atom. The van der Waals surface area contributed by atoms with Gasteiger partial charge in [0.05, 0.1) is 25.4 Å². The van der Waals surface area contributed by atoms with Gasteiger partial charge >= 0.3 is 0 Å². The fraction of sp³-hybridized carbons (Fsp3) is 0.200. The van der Waals surface area contributed by atoms with Crippen molar-refractivity contribution in [3.63, 3.8) is 0 Å². The molecule has 0 bridgehead atoms.